The number of nitrogens with zero attached hydrogens (tertiary/aromatic N) is 1. The lowest BCUT2D eigenvalue weighted by molar-refractivity contribution is 0.969. The van der Waals surface area contributed by atoms with Gasteiger partial charge in [-0.05, 0) is 52.7 Å². The molecule has 17 heavy (non-hydrogen) atoms. The zero-order chi connectivity index (χ0) is 12.1. The molecule has 3 N–H and O–H groups in total. The Kier molecular flexibility index (Phi) is 4.12. The van der Waals surface area contributed by atoms with Gasteiger partial charge >= 0.3 is 0 Å². The summed E-state index contributed by atoms with van der Waals surface area (Å²) in [5.74, 6) is 0. The number of nitrogens with two attached hydrogens (primary N) is 1. The summed E-state index contributed by atoms with van der Waals surface area (Å²) in [5.41, 5.74) is 8.83. The summed E-state index contributed by atoms with van der Waals surface area (Å²) in [7, 11) is 0. The van der Waals surface area contributed by atoms with Gasteiger partial charge in [0.2, 0.25) is 0 Å². The Balaban J connectivity index is 2.11. The molecule has 0 amide bonds. The molecule has 0 saturated carbocycles. The molecule has 0 radical (unpaired) electrons. The molecule has 1 aromatic carbocycles. The van der Waals surface area contributed by atoms with Crippen LogP contribution in [0.4, 0.5) is 11.4 Å². The minimum atomic E-state index is 0.683. The van der Waals surface area contributed by atoms with Crippen molar-refractivity contribution >= 4 is 27.3 Å². The lowest BCUT2D eigenvalue weighted by Crippen LogP contribution is -2.02. The molecule has 1 heterocycles. The fourth-order valence-electron chi connectivity index (χ4n) is 1.55. The fourth-order valence-corrected chi connectivity index (χ4v) is 1.90. The molecule has 0 aliphatic carbocycles. The maximum absolute atomic E-state index is 5.51. The number of anilines is 2. The highest BCUT2D eigenvalue weighted by Crippen LogP contribution is 2.24. The Morgan fingerprint density at radius 3 is 2.59 bits per heavy atom. The first-order valence-corrected chi connectivity index (χ1v) is 6.24. The summed E-state index contributed by atoms with van der Waals surface area (Å²) in [5, 5.41) is 3.32. The van der Waals surface area contributed by atoms with Gasteiger partial charge in [-0.2, -0.15) is 0 Å². The van der Waals surface area contributed by atoms with Crippen LogP contribution in [0.15, 0.2) is 47.2 Å². The normalized spacial score (nSPS) is 10.2. The number of benzene rings is 1. The SMILES string of the molecule is NCCc1ccc(Nc2ccncc2Br)cc1. The van der Waals surface area contributed by atoms with E-state index < -0.39 is 0 Å². The van der Waals surface area contributed by atoms with E-state index >= 15 is 0 Å². The number of aromatic nitrogens is 1. The predicted molar refractivity (Wildman–Crippen MR) is 74.4 cm³/mol. The molecule has 0 fully saturated rings. The third-order valence-corrected chi connectivity index (χ3v) is 3.07. The van der Waals surface area contributed by atoms with Gasteiger partial charge in [0.1, 0.15) is 0 Å². The smallest absolute Gasteiger partial charge is 0.0593 e. The van der Waals surface area contributed by atoms with Gasteiger partial charge in [-0.3, -0.25) is 4.98 Å². The van der Waals surface area contributed by atoms with Crippen molar-refractivity contribution in [3.8, 4) is 0 Å². The van der Waals surface area contributed by atoms with Crippen LogP contribution in [0.25, 0.3) is 0 Å². The van der Waals surface area contributed by atoms with Crippen molar-refractivity contribution in [3.05, 3.63) is 52.8 Å². The summed E-state index contributed by atoms with van der Waals surface area (Å²) >= 11 is 3.45. The van der Waals surface area contributed by atoms with Crippen molar-refractivity contribution in [1.82, 2.24) is 4.98 Å². The highest BCUT2D eigenvalue weighted by atomic mass is 79.9. The van der Waals surface area contributed by atoms with Crippen molar-refractivity contribution in [2.75, 3.05) is 11.9 Å². The first kappa shape index (κ1) is 12.1. The van der Waals surface area contributed by atoms with Crippen molar-refractivity contribution in [2.24, 2.45) is 5.73 Å². The summed E-state index contributed by atoms with van der Waals surface area (Å²) in [6, 6.07) is 10.2. The number of halogens is 1. The standard InChI is InChI=1S/C13H14BrN3/c14-12-9-16-8-6-13(12)17-11-3-1-10(2-4-11)5-7-15/h1-4,6,8-9H,5,7,15H2,(H,16,17). The molecule has 2 rings (SSSR count). The first-order chi connectivity index (χ1) is 8.29. The molecule has 0 spiro atoms. The molecule has 0 atom stereocenters. The lowest BCUT2D eigenvalue weighted by atomic mass is 10.1. The molecular weight excluding hydrogens is 278 g/mol. The van der Waals surface area contributed by atoms with Crippen LogP contribution in [-0.4, -0.2) is 11.5 Å². The van der Waals surface area contributed by atoms with Gasteiger partial charge in [0, 0.05) is 18.1 Å². The van der Waals surface area contributed by atoms with E-state index in [-0.39, 0.29) is 0 Å². The second-order valence-electron chi connectivity index (χ2n) is 3.72. The zero-order valence-electron chi connectivity index (χ0n) is 9.36. The Morgan fingerprint density at radius 1 is 1.18 bits per heavy atom. The second-order valence-corrected chi connectivity index (χ2v) is 4.57. The Bertz CT molecular complexity index is 482. The molecule has 0 bridgehead atoms. The van der Waals surface area contributed by atoms with E-state index in [1.807, 2.05) is 6.07 Å². The molecule has 1 aromatic heterocycles. The highest BCUT2D eigenvalue weighted by Gasteiger charge is 1.99. The fraction of sp³-hybridized carbons (Fsp3) is 0.154. The minimum Gasteiger partial charge on any atom is -0.355 e. The van der Waals surface area contributed by atoms with E-state index in [9.17, 15) is 0 Å². The monoisotopic (exact) mass is 291 g/mol. The van der Waals surface area contributed by atoms with Crippen LogP contribution in [0.1, 0.15) is 5.56 Å². The van der Waals surface area contributed by atoms with Crippen molar-refractivity contribution < 1.29 is 0 Å². The Labute approximate surface area is 109 Å². The molecule has 0 saturated heterocycles. The van der Waals surface area contributed by atoms with Gasteiger partial charge in [-0.1, -0.05) is 12.1 Å². The molecule has 2 aromatic rings. The number of nitrogens with one attached hydrogen (secondary N) is 1. The average Bonchev–Trinajstić information content (AvgIpc) is 2.35. The van der Waals surface area contributed by atoms with E-state index in [1.165, 1.54) is 5.56 Å². The van der Waals surface area contributed by atoms with E-state index in [4.69, 9.17) is 5.73 Å². The van der Waals surface area contributed by atoms with Crippen LogP contribution in [-0.2, 0) is 6.42 Å². The second kappa shape index (κ2) is 5.80. The predicted octanol–water partition coefficient (Wildman–Crippen LogP) is 3.09. The average molecular weight is 292 g/mol. The van der Waals surface area contributed by atoms with Gasteiger partial charge in [-0.15, -0.1) is 0 Å². The third kappa shape index (κ3) is 3.28. The van der Waals surface area contributed by atoms with Crippen LogP contribution in [0.5, 0.6) is 0 Å². The van der Waals surface area contributed by atoms with Crippen LogP contribution in [0, 0.1) is 0 Å². The van der Waals surface area contributed by atoms with Crippen LogP contribution >= 0.6 is 15.9 Å². The molecule has 0 unspecified atom stereocenters. The quantitative estimate of drug-likeness (QED) is 0.910. The van der Waals surface area contributed by atoms with Crippen molar-refractivity contribution in [2.45, 2.75) is 6.42 Å². The van der Waals surface area contributed by atoms with Crippen LogP contribution in [0.2, 0.25) is 0 Å². The Morgan fingerprint density at radius 2 is 1.94 bits per heavy atom. The first-order valence-electron chi connectivity index (χ1n) is 5.45. The van der Waals surface area contributed by atoms with E-state index in [1.54, 1.807) is 12.4 Å². The topological polar surface area (TPSA) is 50.9 Å². The number of hydrogen-bond donors (Lipinski definition) is 2. The van der Waals surface area contributed by atoms with Gasteiger partial charge in [0.25, 0.3) is 0 Å². The maximum atomic E-state index is 5.51. The largest absolute Gasteiger partial charge is 0.355 e. The van der Waals surface area contributed by atoms with Gasteiger partial charge in [0.05, 0.1) is 10.2 Å². The molecule has 0 aliphatic rings. The molecule has 0 aliphatic heterocycles. The molecule has 88 valence electrons. The van der Waals surface area contributed by atoms with Gasteiger partial charge in [-0.25, -0.2) is 0 Å². The van der Waals surface area contributed by atoms with E-state index in [2.05, 4.69) is 50.5 Å². The number of hydrogen-bond acceptors (Lipinski definition) is 3. The number of pyridine rings is 1. The Hall–Kier alpha value is -1.39. The lowest BCUT2D eigenvalue weighted by Gasteiger charge is -2.08. The van der Waals surface area contributed by atoms with Gasteiger partial charge < -0.3 is 11.1 Å². The molecule has 3 nitrogen and oxygen atoms in total. The van der Waals surface area contributed by atoms with Crippen molar-refractivity contribution in [3.63, 3.8) is 0 Å². The van der Waals surface area contributed by atoms with Gasteiger partial charge in [0.15, 0.2) is 0 Å². The molecule has 4 heteroatoms. The van der Waals surface area contributed by atoms with Crippen LogP contribution < -0.4 is 11.1 Å². The van der Waals surface area contributed by atoms with Crippen LogP contribution in [0.3, 0.4) is 0 Å². The number of rotatable bonds is 4. The summed E-state index contributed by atoms with van der Waals surface area (Å²) in [4.78, 5) is 4.02. The minimum absolute atomic E-state index is 0.683. The van der Waals surface area contributed by atoms with Crippen molar-refractivity contribution in [1.29, 1.82) is 0 Å². The zero-order valence-corrected chi connectivity index (χ0v) is 10.9. The maximum Gasteiger partial charge on any atom is 0.0593 e. The third-order valence-electron chi connectivity index (χ3n) is 2.44. The summed E-state index contributed by atoms with van der Waals surface area (Å²) in [6.45, 7) is 0.683. The van der Waals surface area contributed by atoms with E-state index in [0.717, 1.165) is 22.3 Å². The highest BCUT2D eigenvalue weighted by molar-refractivity contribution is 9.10. The molecular formula is C13H14BrN3. The van der Waals surface area contributed by atoms with E-state index in [0.29, 0.717) is 6.54 Å². The summed E-state index contributed by atoms with van der Waals surface area (Å²) < 4.78 is 0.950. The summed E-state index contributed by atoms with van der Waals surface area (Å²) in [6.07, 6.45) is 4.44.